The van der Waals surface area contributed by atoms with Crippen molar-refractivity contribution < 1.29 is 22.7 Å². The predicted molar refractivity (Wildman–Crippen MR) is 98.6 cm³/mol. The first-order valence-corrected chi connectivity index (χ1v) is 10.2. The van der Waals surface area contributed by atoms with Crippen molar-refractivity contribution >= 4 is 33.2 Å². The molecule has 0 aliphatic carbocycles. The number of nitrogens with one attached hydrogen (secondary N) is 3. The van der Waals surface area contributed by atoms with Gasteiger partial charge in [0.25, 0.3) is 5.91 Å². The lowest BCUT2D eigenvalue weighted by Crippen LogP contribution is -2.48. The molecule has 26 heavy (non-hydrogen) atoms. The molecule has 1 atom stereocenters. The van der Waals surface area contributed by atoms with Gasteiger partial charge in [0, 0.05) is 5.56 Å². The highest BCUT2D eigenvalue weighted by Crippen LogP contribution is 2.41. The van der Waals surface area contributed by atoms with Crippen LogP contribution in [0.1, 0.15) is 30.0 Å². The number of ether oxygens (including phenoxy) is 1. The van der Waals surface area contributed by atoms with Crippen LogP contribution in [0.3, 0.4) is 0 Å². The minimum absolute atomic E-state index is 0.0349. The third-order valence-corrected chi connectivity index (χ3v) is 6.93. The van der Waals surface area contributed by atoms with Gasteiger partial charge in [0.05, 0.1) is 28.4 Å². The number of hydrogen-bond donors (Lipinski definition) is 3. The van der Waals surface area contributed by atoms with Crippen LogP contribution in [-0.2, 0) is 14.6 Å². The SMILES string of the molecule is Cc1c(C)c2c(c(C)c1NC(=O)N[C@]1(C)CCS(=O)(=O)C1)NC(=O)CO2. The molecule has 0 bridgehead atoms. The molecule has 2 aliphatic rings. The summed E-state index contributed by atoms with van der Waals surface area (Å²) in [7, 11) is -3.12. The Bertz CT molecular complexity index is 910. The molecule has 0 aromatic heterocycles. The largest absolute Gasteiger partial charge is 0.481 e. The van der Waals surface area contributed by atoms with Gasteiger partial charge in [-0.15, -0.1) is 0 Å². The molecule has 3 rings (SSSR count). The molecule has 1 fully saturated rings. The van der Waals surface area contributed by atoms with E-state index in [0.717, 1.165) is 11.1 Å². The van der Waals surface area contributed by atoms with Crippen molar-refractivity contribution in [3.8, 4) is 5.75 Å². The van der Waals surface area contributed by atoms with E-state index in [-0.39, 0.29) is 24.0 Å². The molecule has 0 unspecified atom stereocenters. The molecule has 0 spiro atoms. The fourth-order valence-corrected chi connectivity index (χ4v) is 5.57. The summed E-state index contributed by atoms with van der Waals surface area (Å²) in [4.78, 5) is 24.1. The third-order valence-electron chi connectivity index (χ3n) is 5.02. The second kappa shape index (κ2) is 6.15. The zero-order chi connectivity index (χ0) is 19.3. The van der Waals surface area contributed by atoms with Crippen molar-refractivity contribution in [1.29, 1.82) is 0 Å². The molecule has 2 aliphatic heterocycles. The van der Waals surface area contributed by atoms with Crippen molar-refractivity contribution in [2.75, 3.05) is 28.7 Å². The Hall–Kier alpha value is -2.29. The molecular weight excluding hydrogens is 358 g/mol. The van der Waals surface area contributed by atoms with Crippen LogP contribution in [0.5, 0.6) is 5.75 Å². The Balaban J connectivity index is 1.86. The van der Waals surface area contributed by atoms with Crippen LogP contribution in [0.4, 0.5) is 16.2 Å². The van der Waals surface area contributed by atoms with E-state index in [1.807, 2.05) is 13.8 Å². The summed E-state index contributed by atoms with van der Waals surface area (Å²) in [6.45, 7) is 7.20. The van der Waals surface area contributed by atoms with Gasteiger partial charge in [-0.25, -0.2) is 13.2 Å². The number of sulfone groups is 1. The van der Waals surface area contributed by atoms with Gasteiger partial charge in [-0.3, -0.25) is 4.79 Å². The first-order chi connectivity index (χ1) is 12.0. The fraction of sp³-hybridized carbons (Fsp3) is 0.529. The van der Waals surface area contributed by atoms with E-state index in [0.29, 0.717) is 29.1 Å². The van der Waals surface area contributed by atoms with Crippen molar-refractivity contribution in [3.63, 3.8) is 0 Å². The molecule has 3 N–H and O–H groups in total. The molecule has 3 amide bonds. The molecule has 1 saturated heterocycles. The molecule has 1 aromatic rings. The molecule has 0 saturated carbocycles. The number of hydrogen-bond acceptors (Lipinski definition) is 5. The number of benzene rings is 1. The molecular formula is C17H23N3O5S. The molecule has 8 nitrogen and oxygen atoms in total. The number of urea groups is 1. The van der Waals surface area contributed by atoms with E-state index >= 15 is 0 Å². The number of rotatable bonds is 2. The second-order valence-corrected chi connectivity index (χ2v) is 9.46. The van der Waals surface area contributed by atoms with Gasteiger partial charge in [0.1, 0.15) is 5.75 Å². The topological polar surface area (TPSA) is 114 Å². The highest BCUT2D eigenvalue weighted by atomic mass is 32.2. The van der Waals surface area contributed by atoms with Crippen LogP contribution in [-0.4, -0.2) is 44.0 Å². The number of fused-ring (bicyclic) bond motifs is 1. The van der Waals surface area contributed by atoms with E-state index in [9.17, 15) is 18.0 Å². The molecule has 142 valence electrons. The van der Waals surface area contributed by atoms with Gasteiger partial charge in [-0.1, -0.05) is 0 Å². The van der Waals surface area contributed by atoms with E-state index < -0.39 is 21.4 Å². The summed E-state index contributed by atoms with van der Waals surface area (Å²) in [5.74, 6) is 0.365. The van der Waals surface area contributed by atoms with Crippen molar-refractivity contribution in [2.45, 2.75) is 39.7 Å². The van der Waals surface area contributed by atoms with E-state index in [2.05, 4.69) is 16.0 Å². The van der Waals surface area contributed by atoms with Crippen molar-refractivity contribution in [1.82, 2.24) is 5.32 Å². The monoisotopic (exact) mass is 381 g/mol. The zero-order valence-electron chi connectivity index (χ0n) is 15.3. The lowest BCUT2D eigenvalue weighted by molar-refractivity contribution is -0.118. The van der Waals surface area contributed by atoms with Crippen LogP contribution >= 0.6 is 0 Å². The van der Waals surface area contributed by atoms with Gasteiger partial charge in [-0.05, 0) is 45.2 Å². The Morgan fingerprint density at radius 1 is 1.19 bits per heavy atom. The van der Waals surface area contributed by atoms with Crippen LogP contribution in [0.15, 0.2) is 0 Å². The van der Waals surface area contributed by atoms with Crippen LogP contribution in [0, 0.1) is 20.8 Å². The van der Waals surface area contributed by atoms with E-state index in [1.54, 1.807) is 13.8 Å². The maximum atomic E-state index is 12.5. The molecule has 2 heterocycles. The minimum Gasteiger partial charge on any atom is -0.481 e. The first-order valence-electron chi connectivity index (χ1n) is 8.37. The lowest BCUT2D eigenvalue weighted by Gasteiger charge is -2.28. The summed E-state index contributed by atoms with van der Waals surface area (Å²) in [6, 6.07) is -0.474. The maximum Gasteiger partial charge on any atom is 0.319 e. The maximum absolute atomic E-state index is 12.5. The quantitative estimate of drug-likeness (QED) is 0.721. The Labute approximate surface area is 152 Å². The summed E-state index contributed by atoms with van der Waals surface area (Å²) >= 11 is 0. The van der Waals surface area contributed by atoms with Crippen LogP contribution in [0.25, 0.3) is 0 Å². The Morgan fingerprint density at radius 3 is 2.50 bits per heavy atom. The summed E-state index contributed by atoms with van der Waals surface area (Å²) in [6.07, 6.45) is 0.383. The smallest absolute Gasteiger partial charge is 0.319 e. The van der Waals surface area contributed by atoms with Crippen LogP contribution in [0.2, 0.25) is 0 Å². The number of carbonyl (C=O) groups excluding carboxylic acids is 2. The lowest BCUT2D eigenvalue weighted by atomic mass is 9.99. The number of anilines is 2. The van der Waals surface area contributed by atoms with Crippen LogP contribution < -0.4 is 20.7 Å². The summed E-state index contributed by atoms with van der Waals surface area (Å²) in [5, 5.41) is 8.37. The number of amides is 3. The molecule has 0 radical (unpaired) electrons. The first kappa shape index (κ1) is 18.5. The normalized spacial score (nSPS) is 23.6. The van der Waals surface area contributed by atoms with Gasteiger partial charge < -0.3 is 20.7 Å². The average molecular weight is 381 g/mol. The van der Waals surface area contributed by atoms with E-state index in [1.165, 1.54) is 0 Å². The van der Waals surface area contributed by atoms with Crippen molar-refractivity contribution in [2.24, 2.45) is 0 Å². The third kappa shape index (κ3) is 3.35. The Morgan fingerprint density at radius 2 is 1.88 bits per heavy atom. The standard InChI is InChI=1S/C17H23N3O5S/c1-9-10(2)15-14(18-12(21)7-25-15)11(3)13(9)19-16(22)20-17(4)5-6-26(23,24)8-17/h5-8H2,1-4H3,(H,18,21)(H2,19,20,22)/t17-/m1/s1. The van der Waals surface area contributed by atoms with Gasteiger partial charge in [0.2, 0.25) is 0 Å². The van der Waals surface area contributed by atoms with Gasteiger partial charge >= 0.3 is 6.03 Å². The number of carbonyl (C=O) groups is 2. The highest BCUT2D eigenvalue weighted by molar-refractivity contribution is 7.91. The molecule has 9 heteroatoms. The Kier molecular flexibility index (Phi) is 4.38. The highest BCUT2D eigenvalue weighted by Gasteiger charge is 2.39. The predicted octanol–water partition coefficient (Wildman–Crippen LogP) is 1.64. The van der Waals surface area contributed by atoms with E-state index in [4.69, 9.17) is 4.74 Å². The van der Waals surface area contributed by atoms with Crippen molar-refractivity contribution in [3.05, 3.63) is 16.7 Å². The average Bonchev–Trinajstić information content (AvgIpc) is 2.82. The summed E-state index contributed by atoms with van der Waals surface area (Å²) < 4.78 is 28.9. The zero-order valence-corrected chi connectivity index (χ0v) is 16.1. The minimum atomic E-state index is -3.12. The second-order valence-electron chi connectivity index (χ2n) is 7.27. The summed E-state index contributed by atoms with van der Waals surface area (Å²) in [5.41, 5.74) is 2.69. The van der Waals surface area contributed by atoms with Gasteiger partial charge in [0.15, 0.2) is 16.4 Å². The molecule has 1 aromatic carbocycles. The fourth-order valence-electron chi connectivity index (χ4n) is 3.48. The van der Waals surface area contributed by atoms with Gasteiger partial charge in [-0.2, -0.15) is 0 Å².